The maximum atomic E-state index is 12.1. The monoisotopic (exact) mass is 440 g/mol. The minimum Gasteiger partial charge on any atom is -0.423 e. The number of carbonyl (C=O) groups is 1. The van der Waals surface area contributed by atoms with Crippen molar-refractivity contribution >= 4 is 40.8 Å². The Balaban J connectivity index is 1.65. The van der Waals surface area contributed by atoms with Crippen LogP contribution in [0.3, 0.4) is 0 Å². The quantitative estimate of drug-likeness (QED) is 0.183. The van der Waals surface area contributed by atoms with Crippen molar-refractivity contribution < 1.29 is 19.4 Å². The number of nitro benzene ring substituents is 2. The van der Waals surface area contributed by atoms with E-state index in [1.54, 1.807) is 42.5 Å². The third kappa shape index (κ3) is 5.61. The lowest BCUT2D eigenvalue weighted by Crippen LogP contribution is -2.08. The maximum Gasteiger partial charge on any atom is 0.343 e. The second kappa shape index (κ2) is 9.46. The number of non-ortho nitro benzene ring substituents is 1. The van der Waals surface area contributed by atoms with Crippen molar-refractivity contribution in [2.45, 2.75) is 0 Å². The number of hydrogen-bond donors (Lipinski definition) is 1. The van der Waals surface area contributed by atoms with Crippen LogP contribution >= 0.6 is 11.6 Å². The van der Waals surface area contributed by atoms with E-state index in [-0.39, 0.29) is 5.69 Å². The molecule has 3 rings (SSSR count). The molecule has 0 heterocycles. The van der Waals surface area contributed by atoms with Gasteiger partial charge >= 0.3 is 11.7 Å². The van der Waals surface area contributed by atoms with Gasteiger partial charge in [-0.05, 0) is 54.1 Å². The first-order chi connectivity index (χ1) is 14.8. The van der Waals surface area contributed by atoms with E-state index >= 15 is 0 Å². The van der Waals surface area contributed by atoms with Crippen LogP contribution in [-0.2, 0) is 0 Å². The molecule has 0 aliphatic rings. The fourth-order valence-electron chi connectivity index (χ4n) is 2.46. The van der Waals surface area contributed by atoms with Crippen molar-refractivity contribution in [2.75, 3.05) is 5.43 Å². The van der Waals surface area contributed by atoms with Gasteiger partial charge in [-0.15, -0.1) is 0 Å². The Morgan fingerprint density at radius 3 is 2.39 bits per heavy atom. The zero-order valence-electron chi connectivity index (χ0n) is 15.6. The molecule has 0 spiro atoms. The van der Waals surface area contributed by atoms with Crippen LogP contribution in [0.2, 0.25) is 5.02 Å². The van der Waals surface area contributed by atoms with Crippen molar-refractivity contribution in [1.82, 2.24) is 0 Å². The lowest BCUT2D eigenvalue weighted by molar-refractivity contribution is -0.393. The Bertz CT molecular complexity index is 1180. The number of hydrogen-bond acceptors (Lipinski definition) is 8. The second-order valence-electron chi connectivity index (χ2n) is 6.05. The summed E-state index contributed by atoms with van der Waals surface area (Å²) in [7, 11) is 0. The van der Waals surface area contributed by atoms with Crippen molar-refractivity contribution in [3.63, 3.8) is 0 Å². The van der Waals surface area contributed by atoms with Gasteiger partial charge in [0.1, 0.15) is 11.4 Å². The van der Waals surface area contributed by atoms with Gasteiger partial charge in [0, 0.05) is 11.1 Å². The van der Waals surface area contributed by atoms with E-state index in [1.807, 2.05) is 0 Å². The van der Waals surface area contributed by atoms with E-state index in [0.717, 1.165) is 12.1 Å². The van der Waals surface area contributed by atoms with Crippen LogP contribution in [0.5, 0.6) is 5.75 Å². The fourth-order valence-corrected chi connectivity index (χ4v) is 2.65. The molecule has 0 unspecified atom stereocenters. The van der Waals surface area contributed by atoms with Gasteiger partial charge in [0.05, 0.1) is 27.7 Å². The first-order valence-electron chi connectivity index (χ1n) is 8.63. The molecular weight excluding hydrogens is 428 g/mol. The molecule has 0 saturated heterocycles. The van der Waals surface area contributed by atoms with Crippen LogP contribution in [0, 0.1) is 20.2 Å². The minimum atomic E-state index is -0.742. The largest absolute Gasteiger partial charge is 0.423 e. The molecule has 31 heavy (non-hydrogen) atoms. The summed E-state index contributed by atoms with van der Waals surface area (Å²) in [5.41, 5.74) is 2.54. The Morgan fingerprint density at radius 1 is 1.00 bits per heavy atom. The molecule has 0 aliphatic heterocycles. The van der Waals surface area contributed by atoms with Gasteiger partial charge in [-0.2, -0.15) is 5.10 Å². The highest BCUT2D eigenvalue weighted by molar-refractivity contribution is 6.30. The van der Waals surface area contributed by atoms with Gasteiger partial charge in [-0.3, -0.25) is 25.7 Å². The Labute approximate surface area is 180 Å². The zero-order valence-corrected chi connectivity index (χ0v) is 16.4. The molecule has 1 N–H and O–H groups in total. The van der Waals surface area contributed by atoms with Crippen molar-refractivity contribution in [3.05, 3.63) is 103 Å². The number of nitro groups is 2. The number of rotatable bonds is 7. The predicted molar refractivity (Wildman–Crippen MR) is 114 cm³/mol. The average molecular weight is 441 g/mol. The molecular formula is C20H13ClN4O6. The zero-order chi connectivity index (χ0) is 22.4. The number of esters is 1. The predicted octanol–water partition coefficient (Wildman–Crippen LogP) is 4.82. The van der Waals surface area contributed by atoms with Gasteiger partial charge in [0.15, 0.2) is 0 Å². The number of halogens is 1. The summed E-state index contributed by atoms with van der Waals surface area (Å²) in [6, 6.07) is 15.9. The number of nitrogens with zero attached hydrogens (tertiary/aromatic N) is 3. The molecule has 3 aromatic carbocycles. The van der Waals surface area contributed by atoms with Gasteiger partial charge in [-0.25, -0.2) is 4.79 Å². The Morgan fingerprint density at radius 2 is 1.74 bits per heavy atom. The number of anilines is 1. The van der Waals surface area contributed by atoms with E-state index in [1.165, 1.54) is 18.3 Å². The molecule has 0 amide bonds. The molecule has 0 aliphatic carbocycles. The molecule has 10 nitrogen and oxygen atoms in total. The lowest BCUT2D eigenvalue weighted by Gasteiger charge is -2.05. The van der Waals surface area contributed by atoms with E-state index < -0.39 is 27.2 Å². The molecule has 0 saturated carbocycles. The number of carbonyl (C=O) groups excluding carboxylic acids is 1. The average Bonchev–Trinajstić information content (AvgIpc) is 2.75. The molecule has 156 valence electrons. The highest BCUT2D eigenvalue weighted by Gasteiger charge is 2.19. The van der Waals surface area contributed by atoms with Gasteiger partial charge in [0.25, 0.3) is 5.69 Å². The maximum absolute atomic E-state index is 12.1. The normalized spacial score (nSPS) is 10.6. The molecule has 0 radical (unpaired) electrons. The number of ether oxygens (including phenoxy) is 1. The topological polar surface area (TPSA) is 137 Å². The lowest BCUT2D eigenvalue weighted by atomic mass is 10.2. The van der Waals surface area contributed by atoms with E-state index in [2.05, 4.69) is 10.5 Å². The van der Waals surface area contributed by atoms with Gasteiger partial charge < -0.3 is 4.74 Å². The Kier molecular flexibility index (Phi) is 6.53. The Hall–Kier alpha value is -4.31. The van der Waals surface area contributed by atoms with Crippen LogP contribution < -0.4 is 10.2 Å². The molecule has 0 atom stereocenters. The third-order valence-corrected chi connectivity index (χ3v) is 4.17. The van der Waals surface area contributed by atoms with Crippen LogP contribution in [0.4, 0.5) is 17.1 Å². The highest BCUT2D eigenvalue weighted by Crippen LogP contribution is 2.28. The van der Waals surface area contributed by atoms with E-state index in [4.69, 9.17) is 16.3 Å². The summed E-state index contributed by atoms with van der Waals surface area (Å²) < 4.78 is 5.27. The van der Waals surface area contributed by atoms with E-state index in [0.29, 0.717) is 21.9 Å². The molecule has 11 heteroatoms. The third-order valence-electron chi connectivity index (χ3n) is 3.94. The van der Waals surface area contributed by atoms with Crippen LogP contribution in [0.15, 0.2) is 71.8 Å². The van der Waals surface area contributed by atoms with Crippen LogP contribution in [-0.4, -0.2) is 22.0 Å². The smallest absolute Gasteiger partial charge is 0.343 e. The molecule has 0 aromatic heterocycles. The van der Waals surface area contributed by atoms with Gasteiger partial charge in [-0.1, -0.05) is 17.7 Å². The first-order valence-corrected chi connectivity index (χ1v) is 9.01. The fraction of sp³-hybridized carbons (Fsp3) is 0. The van der Waals surface area contributed by atoms with Crippen molar-refractivity contribution in [1.29, 1.82) is 0 Å². The molecule has 0 fully saturated rings. The minimum absolute atomic E-state index is 0.000998. The summed E-state index contributed by atoms with van der Waals surface area (Å²) in [6.07, 6.45) is 1.38. The van der Waals surface area contributed by atoms with E-state index in [9.17, 15) is 25.0 Å². The van der Waals surface area contributed by atoms with Crippen LogP contribution in [0.1, 0.15) is 15.9 Å². The second-order valence-corrected chi connectivity index (χ2v) is 6.49. The summed E-state index contributed by atoms with van der Waals surface area (Å²) in [6.45, 7) is 0. The van der Waals surface area contributed by atoms with Gasteiger partial charge in [0.2, 0.25) is 0 Å². The molecule has 0 bridgehead atoms. The van der Waals surface area contributed by atoms with Crippen molar-refractivity contribution in [2.24, 2.45) is 5.10 Å². The number of hydrazone groups is 1. The summed E-state index contributed by atoms with van der Waals surface area (Å²) in [4.78, 5) is 32.5. The first kappa shape index (κ1) is 21.4. The summed E-state index contributed by atoms with van der Waals surface area (Å²) in [5, 5.41) is 26.2. The summed E-state index contributed by atoms with van der Waals surface area (Å²) >= 11 is 5.86. The van der Waals surface area contributed by atoms with Crippen LogP contribution in [0.25, 0.3) is 0 Å². The standard InChI is InChI=1S/C20H13ClN4O6/c21-15-3-1-2-14(10-15)20(26)31-17-7-4-13(5-8-17)12-22-23-18-9-6-16(24(27)28)11-19(18)25(29)30/h1-12,23H. The number of nitrogens with one attached hydrogen (secondary N) is 1. The highest BCUT2D eigenvalue weighted by atomic mass is 35.5. The SMILES string of the molecule is O=C(Oc1ccc(C=NNc2ccc([N+](=O)[O-])cc2[N+](=O)[O-])cc1)c1cccc(Cl)c1. The molecule has 3 aromatic rings. The number of benzene rings is 3. The van der Waals surface area contributed by atoms with Crippen molar-refractivity contribution in [3.8, 4) is 5.75 Å². The summed E-state index contributed by atoms with van der Waals surface area (Å²) in [5.74, 6) is -0.253.